The summed E-state index contributed by atoms with van der Waals surface area (Å²) >= 11 is 0. The molecule has 0 aliphatic heterocycles. The van der Waals surface area contributed by atoms with Crippen LogP contribution in [0, 0.1) is 11.3 Å². The van der Waals surface area contributed by atoms with Crippen LogP contribution in [0.4, 0.5) is 0 Å². The lowest BCUT2D eigenvalue weighted by Gasteiger charge is -2.02. The summed E-state index contributed by atoms with van der Waals surface area (Å²) in [7, 11) is 0. The van der Waals surface area contributed by atoms with Gasteiger partial charge in [-0.15, -0.1) is 0 Å². The number of hydrogen-bond donors (Lipinski definition) is 0. The van der Waals surface area contributed by atoms with Crippen LogP contribution < -0.4 is 5.43 Å². The maximum Gasteiger partial charge on any atom is 0.200 e. The molecule has 3 aromatic rings. The lowest BCUT2D eigenvalue weighted by atomic mass is 10.1. The first-order valence-electron chi connectivity index (χ1n) is 5.61. The van der Waals surface area contributed by atoms with Crippen molar-refractivity contribution in [3.05, 3.63) is 58.3 Å². The fraction of sp³-hybridized carbons (Fsp3) is 0.0667. The standard InChI is InChI=1S/C15H9NO2/c16-8-7-10-5-6-14-12(9-10)15(17)11-3-1-2-4-13(11)18-14/h1-6,9H,7H2. The normalized spacial score (nSPS) is 10.6. The van der Waals surface area contributed by atoms with Gasteiger partial charge in [0, 0.05) is 0 Å². The molecule has 86 valence electrons. The molecule has 1 aromatic heterocycles. The first-order valence-corrected chi connectivity index (χ1v) is 5.61. The summed E-state index contributed by atoms with van der Waals surface area (Å²) in [5, 5.41) is 9.78. The van der Waals surface area contributed by atoms with Crippen molar-refractivity contribution >= 4 is 21.9 Å². The highest BCUT2D eigenvalue weighted by Gasteiger charge is 2.07. The van der Waals surface area contributed by atoms with Crippen molar-refractivity contribution in [2.75, 3.05) is 0 Å². The number of hydrogen-bond acceptors (Lipinski definition) is 3. The molecule has 0 spiro atoms. The van der Waals surface area contributed by atoms with Gasteiger partial charge < -0.3 is 4.42 Å². The lowest BCUT2D eigenvalue weighted by molar-refractivity contribution is 0.660. The Balaban J connectivity index is 2.42. The summed E-state index contributed by atoms with van der Waals surface area (Å²) in [6.45, 7) is 0. The van der Waals surface area contributed by atoms with Gasteiger partial charge in [-0.05, 0) is 29.8 Å². The molecule has 2 aromatic carbocycles. The van der Waals surface area contributed by atoms with Crippen molar-refractivity contribution in [2.45, 2.75) is 6.42 Å². The first-order chi connectivity index (χ1) is 8.79. The van der Waals surface area contributed by atoms with E-state index in [1.54, 1.807) is 24.3 Å². The second kappa shape index (κ2) is 4.01. The fourth-order valence-electron chi connectivity index (χ4n) is 2.05. The van der Waals surface area contributed by atoms with Crippen LogP contribution >= 0.6 is 0 Å². The quantitative estimate of drug-likeness (QED) is 0.609. The maximum atomic E-state index is 12.3. The smallest absolute Gasteiger partial charge is 0.200 e. The minimum atomic E-state index is -0.0494. The van der Waals surface area contributed by atoms with E-state index < -0.39 is 0 Å². The Morgan fingerprint density at radius 3 is 2.67 bits per heavy atom. The SMILES string of the molecule is N#CCc1ccc2oc3ccccc3c(=O)c2c1. The van der Waals surface area contributed by atoms with Crippen LogP contribution in [0.25, 0.3) is 21.9 Å². The summed E-state index contributed by atoms with van der Waals surface area (Å²) < 4.78 is 5.68. The van der Waals surface area contributed by atoms with Crippen LogP contribution in [0.15, 0.2) is 51.7 Å². The molecule has 3 rings (SSSR count). The third kappa shape index (κ3) is 1.56. The molecule has 0 atom stereocenters. The predicted octanol–water partition coefficient (Wildman–Crippen LogP) is 3.01. The Hall–Kier alpha value is -2.60. The van der Waals surface area contributed by atoms with E-state index in [1.807, 2.05) is 18.2 Å². The molecule has 0 aliphatic carbocycles. The Labute approximate surface area is 103 Å². The molecule has 3 heteroatoms. The van der Waals surface area contributed by atoms with E-state index in [-0.39, 0.29) is 5.43 Å². The minimum absolute atomic E-state index is 0.0494. The second-order valence-corrected chi connectivity index (χ2v) is 4.09. The Morgan fingerprint density at radius 2 is 1.83 bits per heavy atom. The van der Waals surface area contributed by atoms with Gasteiger partial charge in [0.05, 0.1) is 23.3 Å². The molecule has 0 fully saturated rings. The summed E-state index contributed by atoms with van der Waals surface area (Å²) in [5.41, 5.74) is 1.92. The molecule has 0 saturated heterocycles. The average molecular weight is 235 g/mol. The van der Waals surface area contributed by atoms with Gasteiger partial charge in [-0.2, -0.15) is 5.26 Å². The van der Waals surface area contributed by atoms with Gasteiger partial charge in [0.15, 0.2) is 0 Å². The molecule has 1 heterocycles. The summed E-state index contributed by atoms with van der Waals surface area (Å²) in [6.07, 6.45) is 0.294. The zero-order chi connectivity index (χ0) is 12.5. The van der Waals surface area contributed by atoms with Crippen LogP contribution in [0.2, 0.25) is 0 Å². The van der Waals surface area contributed by atoms with Crippen LogP contribution in [0.3, 0.4) is 0 Å². The van der Waals surface area contributed by atoms with Gasteiger partial charge in [-0.25, -0.2) is 0 Å². The molecule has 0 amide bonds. The number of nitrogens with zero attached hydrogens (tertiary/aromatic N) is 1. The van der Waals surface area contributed by atoms with Gasteiger partial charge >= 0.3 is 0 Å². The highest BCUT2D eigenvalue weighted by atomic mass is 16.3. The van der Waals surface area contributed by atoms with Gasteiger partial charge in [0.25, 0.3) is 0 Å². The lowest BCUT2D eigenvalue weighted by Crippen LogP contribution is -2.02. The fourth-order valence-corrected chi connectivity index (χ4v) is 2.05. The topological polar surface area (TPSA) is 54.0 Å². The van der Waals surface area contributed by atoms with Crippen LogP contribution in [0.5, 0.6) is 0 Å². The van der Waals surface area contributed by atoms with E-state index in [9.17, 15) is 4.79 Å². The highest BCUT2D eigenvalue weighted by Crippen LogP contribution is 2.19. The van der Waals surface area contributed by atoms with Crippen molar-refractivity contribution in [3.8, 4) is 6.07 Å². The molecular weight excluding hydrogens is 226 g/mol. The Morgan fingerprint density at radius 1 is 1.06 bits per heavy atom. The number of fused-ring (bicyclic) bond motifs is 2. The van der Waals surface area contributed by atoms with Crippen LogP contribution in [0.1, 0.15) is 5.56 Å². The highest BCUT2D eigenvalue weighted by molar-refractivity contribution is 5.89. The van der Waals surface area contributed by atoms with Crippen molar-refractivity contribution in [1.29, 1.82) is 5.26 Å². The molecule has 0 bridgehead atoms. The van der Waals surface area contributed by atoms with E-state index in [4.69, 9.17) is 9.68 Å². The Bertz CT molecular complexity index is 840. The molecule has 0 aliphatic rings. The van der Waals surface area contributed by atoms with E-state index in [1.165, 1.54) is 0 Å². The first kappa shape index (κ1) is 10.5. The number of para-hydroxylation sites is 1. The summed E-state index contributed by atoms with van der Waals surface area (Å²) in [5.74, 6) is 0. The second-order valence-electron chi connectivity index (χ2n) is 4.09. The van der Waals surface area contributed by atoms with Gasteiger partial charge in [-0.1, -0.05) is 18.2 Å². The zero-order valence-corrected chi connectivity index (χ0v) is 9.51. The van der Waals surface area contributed by atoms with Gasteiger partial charge in [0.1, 0.15) is 11.2 Å². The van der Waals surface area contributed by atoms with E-state index in [2.05, 4.69) is 6.07 Å². The number of nitriles is 1. The van der Waals surface area contributed by atoms with E-state index in [0.717, 1.165) is 5.56 Å². The molecule has 0 N–H and O–H groups in total. The Kier molecular flexibility index (Phi) is 2.35. The van der Waals surface area contributed by atoms with Crippen molar-refractivity contribution in [2.24, 2.45) is 0 Å². The molecule has 18 heavy (non-hydrogen) atoms. The molecule has 0 unspecified atom stereocenters. The van der Waals surface area contributed by atoms with Crippen molar-refractivity contribution in [3.63, 3.8) is 0 Å². The monoisotopic (exact) mass is 235 g/mol. The van der Waals surface area contributed by atoms with E-state index >= 15 is 0 Å². The summed E-state index contributed by atoms with van der Waals surface area (Å²) in [4.78, 5) is 12.3. The number of rotatable bonds is 1. The van der Waals surface area contributed by atoms with E-state index in [0.29, 0.717) is 28.4 Å². The summed E-state index contributed by atoms with van der Waals surface area (Å²) in [6, 6.07) is 14.5. The third-order valence-electron chi connectivity index (χ3n) is 2.92. The third-order valence-corrected chi connectivity index (χ3v) is 2.92. The maximum absolute atomic E-state index is 12.3. The van der Waals surface area contributed by atoms with Crippen molar-refractivity contribution < 1.29 is 4.42 Å². The zero-order valence-electron chi connectivity index (χ0n) is 9.51. The van der Waals surface area contributed by atoms with Gasteiger partial charge in [0.2, 0.25) is 5.43 Å². The van der Waals surface area contributed by atoms with Crippen LogP contribution in [-0.4, -0.2) is 0 Å². The molecular formula is C15H9NO2. The molecule has 3 nitrogen and oxygen atoms in total. The molecule has 0 radical (unpaired) electrons. The van der Waals surface area contributed by atoms with Gasteiger partial charge in [-0.3, -0.25) is 4.79 Å². The van der Waals surface area contributed by atoms with Crippen LogP contribution in [-0.2, 0) is 6.42 Å². The number of benzene rings is 2. The predicted molar refractivity (Wildman–Crippen MR) is 69.3 cm³/mol. The van der Waals surface area contributed by atoms with Crippen molar-refractivity contribution in [1.82, 2.24) is 0 Å². The molecule has 0 saturated carbocycles. The largest absolute Gasteiger partial charge is 0.456 e. The minimum Gasteiger partial charge on any atom is -0.456 e. The average Bonchev–Trinajstić information content (AvgIpc) is 2.40.